The third kappa shape index (κ3) is 4.11. The highest BCUT2D eigenvalue weighted by atomic mass is 16.4. The Bertz CT molecular complexity index is 376. The van der Waals surface area contributed by atoms with E-state index in [0.717, 1.165) is 45.2 Å². The second-order valence-corrected chi connectivity index (χ2v) is 6.79. The van der Waals surface area contributed by atoms with Crippen molar-refractivity contribution in [2.24, 2.45) is 11.8 Å². The Hall–Kier alpha value is -1.26. The van der Waals surface area contributed by atoms with Gasteiger partial charge in [0.05, 0.1) is 6.42 Å². The monoisotopic (exact) mass is 296 g/mol. The van der Waals surface area contributed by atoms with E-state index in [2.05, 4.69) is 13.8 Å². The third-order valence-electron chi connectivity index (χ3n) is 5.04. The van der Waals surface area contributed by atoms with Crippen molar-refractivity contribution in [1.29, 1.82) is 0 Å². The summed E-state index contributed by atoms with van der Waals surface area (Å²) in [6, 6.07) is -0.0604. The van der Waals surface area contributed by atoms with E-state index < -0.39 is 5.97 Å². The molecule has 1 unspecified atom stereocenters. The minimum absolute atomic E-state index is 0.0585. The molecule has 0 saturated carbocycles. The van der Waals surface area contributed by atoms with E-state index in [1.807, 2.05) is 9.80 Å². The van der Waals surface area contributed by atoms with Crippen LogP contribution in [0.2, 0.25) is 0 Å². The van der Waals surface area contributed by atoms with Crippen molar-refractivity contribution in [3.63, 3.8) is 0 Å². The quantitative estimate of drug-likeness (QED) is 0.871. The highest BCUT2D eigenvalue weighted by Gasteiger charge is 2.33. The lowest BCUT2D eigenvalue weighted by Crippen LogP contribution is -2.52. The minimum atomic E-state index is -0.807. The fourth-order valence-electron chi connectivity index (χ4n) is 3.61. The lowest BCUT2D eigenvalue weighted by molar-refractivity contribution is -0.138. The number of aliphatic carboxylic acids is 1. The van der Waals surface area contributed by atoms with Gasteiger partial charge in [-0.25, -0.2) is 4.79 Å². The van der Waals surface area contributed by atoms with Gasteiger partial charge in [0.1, 0.15) is 0 Å². The maximum Gasteiger partial charge on any atom is 0.320 e. The van der Waals surface area contributed by atoms with Crippen LogP contribution in [-0.4, -0.2) is 52.6 Å². The molecule has 120 valence electrons. The van der Waals surface area contributed by atoms with Gasteiger partial charge in [-0.1, -0.05) is 13.8 Å². The minimum Gasteiger partial charge on any atom is -0.481 e. The van der Waals surface area contributed by atoms with Gasteiger partial charge < -0.3 is 14.9 Å². The predicted octanol–water partition coefficient (Wildman–Crippen LogP) is 2.80. The van der Waals surface area contributed by atoms with Crippen LogP contribution in [0.15, 0.2) is 0 Å². The summed E-state index contributed by atoms with van der Waals surface area (Å²) >= 11 is 0. The summed E-state index contributed by atoms with van der Waals surface area (Å²) in [5, 5.41) is 9.02. The molecule has 2 heterocycles. The van der Waals surface area contributed by atoms with E-state index in [9.17, 15) is 9.59 Å². The molecule has 0 aromatic heterocycles. The molecule has 1 N–H and O–H groups in total. The van der Waals surface area contributed by atoms with Crippen LogP contribution in [0.5, 0.6) is 0 Å². The van der Waals surface area contributed by atoms with Crippen molar-refractivity contribution in [2.45, 2.75) is 58.4 Å². The Morgan fingerprint density at radius 2 is 1.76 bits per heavy atom. The van der Waals surface area contributed by atoms with Crippen molar-refractivity contribution in [2.75, 3.05) is 19.6 Å². The van der Waals surface area contributed by atoms with E-state index in [-0.39, 0.29) is 18.5 Å². The summed E-state index contributed by atoms with van der Waals surface area (Å²) in [4.78, 5) is 27.4. The number of likely N-dealkylation sites (tertiary alicyclic amines) is 2. The van der Waals surface area contributed by atoms with E-state index in [1.165, 1.54) is 0 Å². The summed E-state index contributed by atoms with van der Waals surface area (Å²) < 4.78 is 0. The van der Waals surface area contributed by atoms with Crippen LogP contribution in [-0.2, 0) is 4.79 Å². The number of hydrogen-bond donors (Lipinski definition) is 1. The maximum absolute atomic E-state index is 12.7. The van der Waals surface area contributed by atoms with Gasteiger partial charge in [-0.3, -0.25) is 4.79 Å². The summed E-state index contributed by atoms with van der Waals surface area (Å²) in [7, 11) is 0. The first kappa shape index (κ1) is 16.1. The van der Waals surface area contributed by atoms with Gasteiger partial charge in [0.15, 0.2) is 0 Å². The topological polar surface area (TPSA) is 60.9 Å². The largest absolute Gasteiger partial charge is 0.481 e. The van der Waals surface area contributed by atoms with E-state index >= 15 is 0 Å². The molecule has 2 rings (SSSR count). The Morgan fingerprint density at radius 1 is 1.10 bits per heavy atom. The molecule has 5 heteroatoms. The number of carbonyl (C=O) groups is 2. The Morgan fingerprint density at radius 3 is 2.33 bits per heavy atom. The third-order valence-corrected chi connectivity index (χ3v) is 5.04. The average Bonchev–Trinajstić information content (AvgIpc) is 2.46. The molecule has 1 atom stereocenters. The number of carbonyl (C=O) groups excluding carboxylic acids is 1. The fourth-order valence-corrected chi connectivity index (χ4v) is 3.61. The molecule has 21 heavy (non-hydrogen) atoms. The van der Waals surface area contributed by atoms with Gasteiger partial charge in [-0.2, -0.15) is 0 Å². The van der Waals surface area contributed by atoms with Crippen LogP contribution in [0.25, 0.3) is 0 Å². The van der Waals surface area contributed by atoms with Gasteiger partial charge in [-0.05, 0) is 43.9 Å². The first-order chi connectivity index (χ1) is 9.99. The molecule has 2 saturated heterocycles. The first-order valence-electron chi connectivity index (χ1n) is 8.26. The SMILES string of the molecule is CC(C)C1CCN(C(=O)N2CCCCC2CC(=O)O)CC1. The molecule has 0 aromatic carbocycles. The first-order valence-corrected chi connectivity index (χ1v) is 8.26. The summed E-state index contributed by atoms with van der Waals surface area (Å²) in [6.07, 6.45) is 5.05. The van der Waals surface area contributed by atoms with Gasteiger partial charge in [0.25, 0.3) is 0 Å². The van der Waals surface area contributed by atoms with Gasteiger partial charge in [0, 0.05) is 25.7 Å². The normalized spacial score (nSPS) is 24.4. The molecule has 0 radical (unpaired) electrons. The molecular weight excluding hydrogens is 268 g/mol. The highest BCUT2D eigenvalue weighted by molar-refractivity contribution is 5.76. The summed E-state index contributed by atoms with van der Waals surface area (Å²) in [5.41, 5.74) is 0. The molecule has 0 bridgehead atoms. The van der Waals surface area contributed by atoms with Crippen molar-refractivity contribution in [1.82, 2.24) is 9.80 Å². The van der Waals surface area contributed by atoms with E-state index in [1.54, 1.807) is 0 Å². The van der Waals surface area contributed by atoms with E-state index in [4.69, 9.17) is 5.11 Å². The smallest absolute Gasteiger partial charge is 0.320 e. The zero-order valence-electron chi connectivity index (χ0n) is 13.3. The van der Waals surface area contributed by atoms with Crippen LogP contribution in [0.1, 0.15) is 52.4 Å². The molecule has 2 fully saturated rings. The number of amides is 2. The standard InChI is InChI=1S/C16H28N2O3/c1-12(2)13-6-9-17(10-7-13)16(21)18-8-4-3-5-14(18)11-15(19)20/h12-14H,3-11H2,1-2H3,(H,19,20). The zero-order chi connectivity index (χ0) is 15.4. The predicted molar refractivity (Wildman–Crippen MR) is 81.1 cm³/mol. The number of nitrogens with zero attached hydrogens (tertiary/aromatic N) is 2. The Kier molecular flexibility index (Phi) is 5.48. The Balaban J connectivity index is 1.93. The number of piperidine rings is 2. The summed E-state index contributed by atoms with van der Waals surface area (Å²) in [5.74, 6) is 0.584. The van der Waals surface area contributed by atoms with Crippen LogP contribution in [0.3, 0.4) is 0 Å². The number of urea groups is 1. The lowest BCUT2D eigenvalue weighted by Gasteiger charge is -2.41. The highest BCUT2D eigenvalue weighted by Crippen LogP contribution is 2.27. The molecular formula is C16H28N2O3. The van der Waals surface area contributed by atoms with Crippen LogP contribution in [0.4, 0.5) is 4.79 Å². The van der Waals surface area contributed by atoms with Gasteiger partial charge in [-0.15, -0.1) is 0 Å². The van der Waals surface area contributed by atoms with Crippen LogP contribution < -0.4 is 0 Å². The Labute approximate surface area is 127 Å². The number of hydrogen-bond acceptors (Lipinski definition) is 2. The van der Waals surface area contributed by atoms with Crippen molar-refractivity contribution < 1.29 is 14.7 Å². The van der Waals surface area contributed by atoms with Crippen molar-refractivity contribution in [3.8, 4) is 0 Å². The molecule has 2 aliphatic rings. The van der Waals surface area contributed by atoms with Gasteiger partial charge >= 0.3 is 12.0 Å². The van der Waals surface area contributed by atoms with Crippen LogP contribution in [0, 0.1) is 11.8 Å². The number of carboxylic acids is 1. The molecule has 0 aliphatic carbocycles. The van der Waals surface area contributed by atoms with E-state index in [0.29, 0.717) is 18.4 Å². The molecule has 0 spiro atoms. The molecule has 2 aliphatic heterocycles. The number of carboxylic acid groups (broad SMARTS) is 1. The fraction of sp³-hybridized carbons (Fsp3) is 0.875. The second kappa shape index (κ2) is 7.14. The van der Waals surface area contributed by atoms with Crippen molar-refractivity contribution in [3.05, 3.63) is 0 Å². The molecule has 5 nitrogen and oxygen atoms in total. The molecule has 2 amide bonds. The van der Waals surface area contributed by atoms with Gasteiger partial charge in [0.2, 0.25) is 0 Å². The maximum atomic E-state index is 12.7. The second-order valence-electron chi connectivity index (χ2n) is 6.79. The van der Waals surface area contributed by atoms with Crippen LogP contribution >= 0.6 is 0 Å². The summed E-state index contributed by atoms with van der Waals surface area (Å²) in [6.45, 7) is 6.84. The average molecular weight is 296 g/mol. The lowest BCUT2D eigenvalue weighted by atomic mass is 9.87. The van der Waals surface area contributed by atoms with Crippen molar-refractivity contribution >= 4 is 12.0 Å². The number of rotatable bonds is 3. The molecule has 0 aromatic rings. The zero-order valence-corrected chi connectivity index (χ0v) is 13.3.